The molecule has 0 saturated heterocycles. The lowest BCUT2D eigenvalue weighted by Gasteiger charge is -2.28. The summed E-state index contributed by atoms with van der Waals surface area (Å²) < 4.78 is 58.8. The smallest absolute Gasteiger partial charge is 0.431 e. The van der Waals surface area contributed by atoms with Crippen molar-refractivity contribution in [2.75, 3.05) is 24.3 Å². The number of amides is 1. The predicted octanol–water partition coefficient (Wildman–Crippen LogP) is 0.632. The number of hydrogen-bond donors (Lipinski definition) is 1. The van der Waals surface area contributed by atoms with Gasteiger partial charge in [0.15, 0.2) is 12.4 Å². The Hall–Kier alpha value is -3.31. The monoisotopic (exact) mass is 388 g/mol. The van der Waals surface area contributed by atoms with E-state index in [0.717, 1.165) is 18.0 Å². The third-order valence-corrected chi connectivity index (χ3v) is 4.12. The summed E-state index contributed by atoms with van der Waals surface area (Å²) in [6.45, 7) is -0.371. The first-order chi connectivity index (χ1) is 12.4. The molecule has 0 atom stereocenters. The predicted molar refractivity (Wildman–Crippen MR) is 85.6 cm³/mol. The lowest BCUT2D eigenvalue weighted by Crippen LogP contribution is -2.42. The molecule has 12 heteroatoms. The second kappa shape index (κ2) is 5.86. The van der Waals surface area contributed by atoms with Crippen LogP contribution in [-0.4, -0.2) is 28.7 Å². The molecular formula is C15H12F4N4O4. The van der Waals surface area contributed by atoms with E-state index < -0.39 is 46.2 Å². The number of benzene rings is 1. The van der Waals surface area contributed by atoms with Crippen molar-refractivity contribution in [3.63, 3.8) is 0 Å². The summed E-state index contributed by atoms with van der Waals surface area (Å²) in [7, 11) is 2.10. The molecule has 0 saturated carbocycles. The van der Waals surface area contributed by atoms with Gasteiger partial charge in [-0.05, 0) is 0 Å². The number of likely N-dealkylation sites (N-methyl/N-ethyl adjacent to an activating group) is 1. The molecule has 0 radical (unpaired) electrons. The van der Waals surface area contributed by atoms with E-state index in [2.05, 4.69) is 0 Å². The molecule has 0 fully saturated rings. The maximum atomic E-state index is 14.6. The van der Waals surface area contributed by atoms with E-state index >= 15 is 0 Å². The van der Waals surface area contributed by atoms with Crippen LogP contribution in [0.1, 0.15) is 5.69 Å². The number of nitrogen functional groups attached to an aromatic ring is 1. The van der Waals surface area contributed by atoms with Crippen molar-refractivity contribution in [2.45, 2.75) is 6.18 Å². The van der Waals surface area contributed by atoms with E-state index in [1.54, 1.807) is 0 Å². The van der Waals surface area contributed by atoms with Crippen molar-refractivity contribution < 1.29 is 27.1 Å². The summed E-state index contributed by atoms with van der Waals surface area (Å²) in [5.41, 5.74) is 0.110. The SMILES string of the molecule is CN1C(=O)COc2cc(F)c(-n3c(=O)cc(C(F)(F)F)n(C)c3=O)c(N)c21. The van der Waals surface area contributed by atoms with Gasteiger partial charge in [-0.15, -0.1) is 0 Å². The molecule has 1 aliphatic rings. The lowest BCUT2D eigenvalue weighted by atomic mass is 10.1. The molecule has 1 aliphatic heterocycles. The van der Waals surface area contributed by atoms with E-state index in [0.29, 0.717) is 0 Å². The maximum absolute atomic E-state index is 14.6. The highest BCUT2D eigenvalue weighted by Crippen LogP contribution is 2.41. The van der Waals surface area contributed by atoms with Crippen LogP contribution >= 0.6 is 0 Å². The van der Waals surface area contributed by atoms with Crippen molar-refractivity contribution in [3.05, 3.63) is 44.5 Å². The van der Waals surface area contributed by atoms with Crippen molar-refractivity contribution in [3.8, 4) is 11.4 Å². The Bertz CT molecular complexity index is 1090. The molecule has 144 valence electrons. The summed E-state index contributed by atoms with van der Waals surface area (Å²) in [6, 6.07) is 0.957. The van der Waals surface area contributed by atoms with Crippen LogP contribution < -0.4 is 26.6 Å². The van der Waals surface area contributed by atoms with Gasteiger partial charge in [0.05, 0.1) is 5.69 Å². The number of alkyl halides is 3. The highest BCUT2D eigenvalue weighted by molar-refractivity contribution is 6.02. The van der Waals surface area contributed by atoms with Crippen LogP contribution in [0.3, 0.4) is 0 Å². The van der Waals surface area contributed by atoms with Gasteiger partial charge in [-0.1, -0.05) is 0 Å². The molecule has 3 rings (SSSR count). The van der Waals surface area contributed by atoms with Gasteiger partial charge in [0, 0.05) is 26.2 Å². The van der Waals surface area contributed by atoms with Crippen LogP contribution in [0.4, 0.5) is 28.9 Å². The Morgan fingerprint density at radius 1 is 1.11 bits per heavy atom. The number of nitrogens with zero attached hydrogens (tertiary/aromatic N) is 3. The number of hydrogen-bond acceptors (Lipinski definition) is 5. The Morgan fingerprint density at radius 2 is 1.74 bits per heavy atom. The van der Waals surface area contributed by atoms with E-state index in [1.807, 2.05) is 0 Å². The Labute approximate surface area is 148 Å². The average molecular weight is 388 g/mol. The number of aromatic nitrogens is 2. The summed E-state index contributed by atoms with van der Waals surface area (Å²) in [4.78, 5) is 37.4. The largest absolute Gasteiger partial charge is 0.481 e. The highest BCUT2D eigenvalue weighted by Gasteiger charge is 2.36. The molecule has 0 unspecified atom stereocenters. The van der Waals surface area contributed by atoms with Crippen LogP contribution in [0.5, 0.6) is 5.75 Å². The van der Waals surface area contributed by atoms with Crippen LogP contribution in [0.25, 0.3) is 5.69 Å². The van der Waals surface area contributed by atoms with Gasteiger partial charge >= 0.3 is 11.9 Å². The van der Waals surface area contributed by atoms with Crippen molar-refractivity contribution >= 4 is 17.3 Å². The summed E-state index contributed by atoms with van der Waals surface area (Å²) in [6.07, 6.45) is -4.97. The first kappa shape index (κ1) is 18.5. The van der Waals surface area contributed by atoms with E-state index in [-0.39, 0.29) is 33.2 Å². The van der Waals surface area contributed by atoms with Crippen LogP contribution in [0, 0.1) is 5.82 Å². The minimum atomic E-state index is -4.97. The fraction of sp³-hybridized carbons (Fsp3) is 0.267. The molecule has 2 aromatic rings. The minimum absolute atomic E-state index is 0.100. The first-order valence-electron chi connectivity index (χ1n) is 7.37. The third-order valence-electron chi connectivity index (χ3n) is 4.12. The molecule has 0 spiro atoms. The number of fused-ring (bicyclic) bond motifs is 1. The maximum Gasteiger partial charge on any atom is 0.431 e. The van der Waals surface area contributed by atoms with Gasteiger partial charge in [-0.3, -0.25) is 14.2 Å². The molecule has 27 heavy (non-hydrogen) atoms. The van der Waals surface area contributed by atoms with Gasteiger partial charge in [0.1, 0.15) is 22.8 Å². The molecular weight excluding hydrogens is 376 g/mol. The van der Waals surface area contributed by atoms with Gasteiger partial charge in [-0.2, -0.15) is 13.2 Å². The molecule has 0 bridgehead atoms. The molecule has 2 N–H and O–H groups in total. The number of anilines is 2. The topological polar surface area (TPSA) is 99.6 Å². The molecule has 8 nitrogen and oxygen atoms in total. The Balaban J connectivity index is 2.37. The van der Waals surface area contributed by atoms with Gasteiger partial charge < -0.3 is 15.4 Å². The minimum Gasteiger partial charge on any atom is -0.481 e. The molecule has 2 heterocycles. The van der Waals surface area contributed by atoms with Gasteiger partial charge in [0.2, 0.25) is 0 Å². The van der Waals surface area contributed by atoms with Crippen LogP contribution in [-0.2, 0) is 18.0 Å². The molecule has 1 aromatic carbocycles. The molecule has 1 aromatic heterocycles. The van der Waals surface area contributed by atoms with Crippen molar-refractivity contribution in [1.82, 2.24) is 9.13 Å². The number of rotatable bonds is 1. The summed E-state index contributed by atoms with van der Waals surface area (Å²) >= 11 is 0. The van der Waals surface area contributed by atoms with Gasteiger partial charge in [-0.25, -0.2) is 13.8 Å². The van der Waals surface area contributed by atoms with Crippen molar-refractivity contribution in [2.24, 2.45) is 7.05 Å². The number of nitrogens with two attached hydrogens (primary N) is 1. The number of carbonyl (C=O) groups excluding carboxylic acids is 1. The zero-order valence-electron chi connectivity index (χ0n) is 13.9. The number of ether oxygens (including phenoxy) is 1. The summed E-state index contributed by atoms with van der Waals surface area (Å²) in [5, 5.41) is 0. The fourth-order valence-corrected chi connectivity index (χ4v) is 2.77. The van der Waals surface area contributed by atoms with Gasteiger partial charge in [0.25, 0.3) is 11.5 Å². The van der Waals surface area contributed by atoms with E-state index in [4.69, 9.17) is 10.5 Å². The summed E-state index contributed by atoms with van der Waals surface area (Å²) in [5.74, 6) is -1.81. The second-order valence-electron chi connectivity index (χ2n) is 5.75. The lowest BCUT2D eigenvalue weighted by molar-refractivity contribution is -0.144. The quantitative estimate of drug-likeness (QED) is 0.571. The highest BCUT2D eigenvalue weighted by atomic mass is 19.4. The zero-order chi connectivity index (χ0) is 20.3. The normalized spacial score (nSPS) is 14.1. The Kier molecular flexibility index (Phi) is 4.01. The number of carbonyl (C=O) groups is 1. The molecule has 1 amide bonds. The third kappa shape index (κ3) is 2.73. The zero-order valence-corrected chi connectivity index (χ0v) is 13.9. The van der Waals surface area contributed by atoms with E-state index in [1.165, 1.54) is 7.05 Å². The van der Waals surface area contributed by atoms with Crippen LogP contribution in [0.15, 0.2) is 21.7 Å². The average Bonchev–Trinajstić information content (AvgIpc) is 2.56. The molecule has 0 aliphatic carbocycles. The van der Waals surface area contributed by atoms with Crippen LogP contribution in [0.2, 0.25) is 0 Å². The first-order valence-corrected chi connectivity index (χ1v) is 7.37. The Morgan fingerprint density at radius 3 is 2.33 bits per heavy atom. The standard InChI is InChI=1S/C15H12F4N4O4/c1-21-8(15(17,18)19)4-9(24)23(14(21)26)12-6(16)3-7-13(11(12)20)22(2)10(25)5-27-7/h3-4H,5,20H2,1-2H3. The van der Waals surface area contributed by atoms with Crippen molar-refractivity contribution in [1.29, 1.82) is 0 Å². The van der Waals surface area contributed by atoms with E-state index in [9.17, 15) is 31.9 Å². The number of halogens is 4. The second-order valence-corrected chi connectivity index (χ2v) is 5.75. The fourth-order valence-electron chi connectivity index (χ4n) is 2.77.